The van der Waals surface area contributed by atoms with Crippen LogP contribution in [-0.2, 0) is 4.79 Å². The van der Waals surface area contributed by atoms with Gasteiger partial charge in [-0.05, 0) is 15.9 Å². The van der Waals surface area contributed by atoms with Gasteiger partial charge in [0.25, 0.3) is 0 Å². The van der Waals surface area contributed by atoms with Crippen LogP contribution in [0.25, 0.3) is 0 Å². The van der Waals surface area contributed by atoms with Crippen molar-refractivity contribution >= 4 is 27.7 Å². The standard InChI is InChI=1S/C9H7BrO4/c10-7-3-5-6(11)1-4(2-8(12)13)9(5)14-7/h3-4H,1-2H2,(H,12,13). The smallest absolute Gasteiger partial charge is 0.304 e. The second-order valence-electron chi connectivity index (χ2n) is 3.25. The van der Waals surface area contributed by atoms with Crippen molar-refractivity contribution in [1.82, 2.24) is 0 Å². The summed E-state index contributed by atoms with van der Waals surface area (Å²) in [6.45, 7) is 0. The van der Waals surface area contributed by atoms with E-state index in [1.807, 2.05) is 0 Å². The van der Waals surface area contributed by atoms with Gasteiger partial charge in [0.1, 0.15) is 5.76 Å². The maximum absolute atomic E-state index is 11.4. The number of hydrogen-bond donors (Lipinski definition) is 1. The highest BCUT2D eigenvalue weighted by Crippen LogP contribution is 2.38. The number of Topliss-reactive ketones (excluding diaryl/α,β-unsaturated/α-hetero) is 1. The fourth-order valence-electron chi connectivity index (χ4n) is 1.70. The lowest BCUT2D eigenvalue weighted by molar-refractivity contribution is -0.137. The Kier molecular flexibility index (Phi) is 2.19. The highest BCUT2D eigenvalue weighted by atomic mass is 79.9. The van der Waals surface area contributed by atoms with Crippen molar-refractivity contribution in [2.24, 2.45) is 0 Å². The summed E-state index contributed by atoms with van der Waals surface area (Å²) in [7, 11) is 0. The van der Waals surface area contributed by atoms with Gasteiger partial charge in [-0.2, -0.15) is 0 Å². The fraction of sp³-hybridized carbons (Fsp3) is 0.333. The Bertz CT molecular complexity index is 407. The number of aliphatic carboxylic acids is 1. The first-order valence-electron chi connectivity index (χ1n) is 4.12. The lowest BCUT2D eigenvalue weighted by Gasteiger charge is -2.02. The molecule has 0 aromatic carbocycles. The van der Waals surface area contributed by atoms with Crippen LogP contribution < -0.4 is 0 Å². The first-order chi connectivity index (χ1) is 6.58. The minimum absolute atomic E-state index is 0.0410. The average Bonchev–Trinajstić information content (AvgIpc) is 2.54. The molecule has 1 aliphatic carbocycles. The van der Waals surface area contributed by atoms with E-state index in [4.69, 9.17) is 9.52 Å². The second-order valence-corrected chi connectivity index (χ2v) is 4.03. The molecular formula is C9H7BrO4. The van der Waals surface area contributed by atoms with Gasteiger partial charge in [0.2, 0.25) is 0 Å². The molecule has 0 aliphatic heterocycles. The van der Waals surface area contributed by atoms with Crippen LogP contribution in [0.5, 0.6) is 0 Å². The van der Waals surface area contributed by atoms with Crippen LogP contribution >= 0.6 is 15.9 Å². The summed E-state index contributed by atoms with van der Waals surface area (Å²) in [4.78, 5) is 21.9. The summed E-state index contributed by atoms with van der Waals surface area (Å²) in [6.07, 6.45) is 0.187. The molecule has 74 valence electrons. The van der Waals surface area contributed by atoms with Crippen molar-refractivity contribution in [2.75, 3.05) is 0 Å². The molecule has 14 heavy (non-hydrogen) atoms. The third kappa shape index (κ3) is 1.48. The fourth-order valence-corrected chi connectivity index (χ4v) is 2.10. The lowest BCUT2D eigenvalue weighted by atomic mass is 10.0. The molecule has 1 heterocycles. The number of rotatable bonds is 2. The summed E-state index contributed by atoms with van der Waals surface area (Å²) in [5.41, 5.74) is 0.517. The first-order valence-corrected chi connectivity index (χ1v) is 4.91. The van der Waals surface area contributed by atoms with E-state index in [0.717, 1.165) is 0 Å². The number of carboxylic acids is 1. The molecule has 1 aromatic heterocycles. The second kappa shape index (κ2) is 3.24. The van der Waals surface area contributed by atoms with Gasteiger partial charge < -0.3 is 9.52 Å². The largest absolute Gasteiger partial charge is 0.481 e. The van der Waals surface area contributed by atoms with Crippen LogP contribution in [0.3, 0.4) is 0 Å². The predicted molar refractivity (Wildman–Crippen MR) is 50.3 cm³/mol. The predicted octanol–water partition coefficient (Wildman–Crippen LogP) is 2.19. The quantitative estimate of drug-likeness (QED) is 0.883. The molecule has 0 bridgehead atoms. The van der Waals surface area contributed by atoms with Crippen LogP contribution in [0.1, 0.15) is 34.9 Å². The van der Waals surface area contributed by atoms with Gasteiger partial charge >= 0.3 is 5.97 Å². The summed E-state index contributed by atoms with van der Waals surface area (Å²) >= 11 is 3.11. The average molecular weight is 259 g/mol. The van der Waals surface area contributed by atoms with Crippen LogP contribution in [0, 0.1) is 0 Å². The van der Waals surface area contributed by atoms with Gasteiger partial charge in [-0.25, -0.2) is 0 Å². The maximum Gasteiger partial charge on any atom is 0.304 e. The molecule has 0 saturated heterocycles. The third-order valence-corrected chi connectivity index (χ3v) is 2.65. The van der Waals surface area contributed by atoms with Crippen LogP contribution in [0.15, 0.2) is 15.2 Å². The Morgan fingerprint density at radius 3 is 3.07 bits per heavy atom. The molecule has 2 rings (SSSR count). The zero-order chi connectivity index (χ0) is 10.3. The van der Waals surface area contributed by atoms with Gasteiger partial charge in [0.15, 0.2) is 10.5 Å². The Labute approximate surface area is 88.0 Å². The highest BCUT2D eigenvalue weighted by Gasteiger charge is 2.34. The first kappa shape index (κ1) is 9.45. The van der Waals surface area contributed by atoms with Crippen molar-refractivity contribution in [3.63, 3.8) is 0 Å². The van der Waals surface area contributed by atoms with Gasteiger partial charge in [-0.1, -0.05) is 0 Å². The normalized spacial score (nSPS) is 19.8. The minimum Gasteiger partial charge on any atom is -0.481 e. The lowest BCUT2D eigenvalue weighted by Crippen LogP contribution is -2.03. The van der Waals surface area contributed by atoms with Crippen molar-refractivity contribution in [1.29, 1.82) is 0 Å². The number of carboxylic acid groups (broad SMARTS) is 1. The zero-order valence-corrected chi connectivity index (χ0v) is 8.70. The van der Waals surface area contributed by atoms with Crippen molar-refractivity contribution < 1.29 is 19.1 Å². The summed E-state index contributed by atoms with van der Waals surface area (Å²) in [5, 5.41) is 8.63. The molecule has 0 radical (unpaired) electrons. The van der Waals surface area contributed by atoms with E-state index < -0.39 is 5.97 Å². The van der Waals surface area contributed by atoms with Gasteiger partial charge in [0, 0.05) is 18.4 Å². The third-order valence-electron chi connectivity index (χ3n) is 2.25. The van der Waals surface area contributed by atoms with Crippen molar-refractivity contribution in [3.8, 4) is 0 Å². The molecule has 4 nitrogen and oxygen atoms in total. The molecular weight excluding hydrogens is 252 g/mol. The number of furan rings is 1. The molecule has 5 heteroatoms. The van der Waals surface area contributed by atoms with E-state index in [1.165, 1.54) is 0 Å². The monoisotopic (exact) mass is 258 g/mol. The van der Waals surface area contributed by atoms with Crippen molar-refractivity contribution in [3.05, 3.63) is 22.1 Å². The number of hydrogen-bond acceptors (Lipinski definition) is 3. The van der Waals surface area contributed by atoms with Crippen LogP contribution in [0.4, 0.5) is 0 Å². The zero-order valence-electron chi connectivity index (χ0n) is 7.12. The van der Waals surface area contributed by atoms with E-state index >= 15 is 0 Å². The van der Waals surface area contributed by atoms with Gasteiger partial charge in [-0.3, -0.25) is 9.59 Å². The van der Waals surface area contributed by atoms with E-state index in [9.17, 15) is 9.59 Å². The minimum atomic E-state index is -0.914. The number of halogens is 1. The molecule has 0 spiro atoms. The van der Waals surface area contributed by atoms with E-state index in [0.29, 0.717) is 16.0 Å². The number of carbonyl (C=O) groups is 2. The maximum atomic E-state index is 11.4. The number of fused-ring (bicyclic) bond motifs is 1. The topological polar surface area (TPSA) is 67.5 Å². The van der Waals surface area contributed by atoms with E-state index in [1.54, 1.807) is 6.07 Å². The molecule has 0 fully saturated rings. The van der Waals surface area contributed by atoms with Crippen LogP contribution in [-0.4, -0.2) is 16.9 Å². The van der Waals surface area contributed by atoms with Crippen LogP contribution in [0.2, 0.25) is 0 Å². The molecule has 0 amide bonds. The van der Waals surface area contributed by atoms with Gasteiger partial charge in [0.05, 0.1) is 12.0 Å². The molecule has 0 saturated carbocycles. The van der Waals surface area contributed by atoms with E-state index in [-0.39, 0.29) is 24.5 Å². The highest BCUT2D eigenvalue weighted by molar-refractivity contribution is 9.10. The van der Waals surface area contributed by atoms with Crippen molar-refractivity contribution in [2.45, 2.75) is 18.8 Å². The van der Waals surface area contributed by atoms with Gasteiger partial charge in [-0.15, -0.1) is 0 Å². The SMILES string of the molecule is O=C(O)CC1CC(=O)c2cc(Br)oc21. The molecule has 1 N–H and O–H groups in total. The summed E-state index contributed by atoms with van der Waals surface area (Å²) in [6, 6.07) is 1.60. The molecule has 1 aliphatic rings. The molecule has 1 unspecified atom stereocenters. The number of carbonyl (C=O) groups excluding carboxylic acids is 1. The summed E-state index contributed by atoms with van der Waals surface area (Å²) in [5.74, 6) is -0.755. The Morgan fingerprint density at radius 1 is 1.71 bits per heavy atom. The Hall–Kier alpha value is -1.10. The van der Waals surface area contributed by atoms with E-state index in [2.05, 4.69) is 15.9 Å². The molecule has 1 aromatic rings. The number of ketones is 1. The Morgan fingerprint density at radius 2 is 2.43 bits per heavy atom. The Balaban J connectivity index is 2.33. The molecule has 1 atom stereocenters. The summed E-state index contributed by atoms with van der Waals surface area (Å²) < 4.78 is 5.72.